The summed E-state index contributed by atoms with van der Waals surface area (Å²) >= 11 is 0. The second kappa shape index (κ2) is 10.3. The zero-order valence-corrected chi connectivity index (χ0v) is 21.0. The molecule has 0 bridgehead atoms. The lowest BCUT2D eigenvalue weighted by atomic mass is 10.2. The van der Waals surface area contributed by atoms with Gasteiger partial charge in [-0.2, -0.15) is 0 Å². The zero-order chi connectivity index (χ0) is 25.9. The minimum Gasteiger partial charge on any atom is -0.493 e. The Bertz CT molecular complexity index is 1370. The number of hydrogen-bond donors (Lipinski definition) is 1. The Hall–Kier alpha value is -4.05. The van der Waals surface area contributed by atoms with Crippen molar-refractivity contribution in [2.45, 2.75) is 17.7 Å². The van der Waals surface area contributed by atoms with Gasteiger partial charge in [-0.15, -0.1) is 0 Å². The topological polar surface area (TPSA) is 105 Å². The quantitative estimate of drug-likeness (QED) is 0.494. The molecule has 2 amide bonds. The lowest BCUT2D eigenvalue weighted by Crippen LogP contribution is -2.26. The van der Waals surface area contributed by atoms with Crippen molar-refractivity contribution in [2.24, 2.45) is 0 Å². The minimum atomic E-state index is -3.88. The summed E-state index contributed by atoms with van der Waals surface area (Å²) in [6.07, 6.45) is 1.40. The molecule has 0 radical (unpaired) electrons. The van der Waals surface area contributed by atoms with E-state index in [1.165, 1.54) is 39.5 Å². The predicted octanol–water partition coefficient (Wildman–Crippen LogP) is 3.91. The third kappa shape index (κ3) is 4.99. The van der Waals surface area contributed by atoms with Gasteiger partial charge in [0, 0.05) is 43.0 Å². The van der Waals surface area contributed by atoms with Crippen LogP contribution in [0.25, 0.3) is 0 Å². The van der Waals surface area contributed by atoms with E-state index in [4.69, 9.17) is 9.47 Å². The molecular formula is C26H27N3O6S. The summed E-state index contributed by atoms with van der Waals surface area (Å²) in [5.74, 6) is 0.495. The number of hydrogen-bond acceptors (Lipinski definition) is 6. The smallest absolute Gasteiger partial charge is 0.264 e. The molecule has 188 valence electrons. The van der Waals surface area contributed by atoms with Crippen LogP contribution in [-0.2, 0) is 14.8 Å². The lowest BCUT2D eigenvalue weighted by molar-refractivity contribution is -0.117. The first kappa shape index (κ1) is 25.1. The molecule has 0 spiro atoms. The maximum absolute atomic E-state index is 13.1. The second-order valence-electron chi connectivity index (χ2n) is 8.19. The van der Waals surface area contributed by atoms with E-state index in [1.54, 1.807) is 53.4 Å². The van der Waals surface area contributed by atoms with Gasteiger partial charge in [0.2, 0.25) is 5.91 Å². The molecule has 36 heavy (non-hydrogen) atoms. The number of sulfonamides is 1. The summed E-state index contributed by atoms with van der Waals surface area (Å²) in [4.78, 5) is 26.4. The van der Waals surface area contributed by atoms with Crippen LogP contribution in [0, 0.1) is 0 Å². The van der Waals surface area contributed by atoms with Gasteiger partial charge in [-0.1, -0.05) is 0 Å². The molecule has 10 heteroatoms. The average Bonchev–Trinajstić information content (AvgIpc) is 3.33. The van der Waals surface area contributed by atoms with Crippen molar-refractivity contribution in [1.29, 1.82) is 0 Å². The summed E-state index contributed by atoms with van der Waals surface area (Å²) in [5.41, 5.74) is 2.15. The van der Waals surface area contributed by atoms with Gasteiger partial charge >= 0.3 is 0 Å². The van der Waals surface area contributed by atoms with Crippen LogP contribution in [-0.4, -0.2) is 48.0 Å². The number of amides is 2. The van der Waals surface area contributed by atoms with Gasteiger partial charge in [-0.3, -0.25) is 13.9 Å². The number of ether oxygens (including phenoxy) is 2. The van der Waals surface area contributed by atoms with Crippen LogP contribution in [0.3, 0.4) is 0 Å². The van der Waals surface area contributed by atoms with E-state index in [9.17, 15) is 18.0 Å². The first-order chi connectivity index (χ1) is 17.2. The Morgan fingerprint density at radius 3 is 2.19 bits per heavy atom. The third-order valence-electron chi connectivity index (χ3n) is 6.02. The van der Waals surface area contributed by atoms with Crippen molar-refractivity contribution < 1.29 is 27.5 Å². The molecule has 1 N–H and O–H groups in total. The number of nitrogens with one attached hydrogen (secondary N) is 1. The van der Waals surface area contributed by atoms with E-state index in [0.717, 1.165) is 16.4 Å². The molecule has 0 atom stereocenters. The summed E-state index contributed by atoms with van der Waals surface area (Å²) in [7, 11) is 0.470. The molecule has 0 unspecified atom stereocenters. The monoisotopic (exact) mass is 509 g/mol. The highest BCUT2D eigenvalue weighted by molar-refractivity contribution is 7.92. The maximum Gasteiger partial charge on any atom is 0.264 e. The maximum atomic E-state index is 13.1. The fraction of sp³-hybridized carbons (Fsp3) is 0.231. The number of rotatable bonds is 8. The zero-order valence-electron chi connectivity index (χ0n) is 20.2. The fourth-order valence-electron chi connectivity index (χ4n) is 3.95. The van der Waals surface area contributed by atoms with Crippen molar-refractivity contribution in [1.82, 2.24) is 0 Å². The van der Waals surface area contributed by atoms with E-state index in [2.05, 4.69) is 5.32 Å². The largest absolute Gasteiger partial charge is 0.493 e. The molecule has 0 saturated carbocycles. The molecule has 0 aliphatic carbocycles. The number of nitrogens with zero attached hydrogens (tertiary/aromatic N) is 2. The Morgan fingerprint density at radius 2 is 1.61 bits per heavy atom. The Kier molecular flexibility index (Phi) is 7.16. The van der Waals surface area contributed by atoms with Crippen molar-refractivity contribution in [3.63, 3.8) is 0 Å². The number of methoxy groups -OCH3 is 2. The molecule has 1 fully saturated rings. The summed E-state index contributed by atoms with van der Waals surface area (Å²) < 4.78 is 37.8. The summed E-state index contributed by atoms with van der Waals surface area (Å²) in [5, 5.41) is 2.82. The number of anilines is 3. The van der Waals surface area contributed by atoms with E-state index in [-0.39, 0.29) is 16.7 Å². The normalized spacial score (nSPS) is 13.4. The molecule has 1 saturated heterocycles. The molecule has 4 rings (SSSR count). The van der Waals surface area contributed by atoms with Gasteiger partial charge < -0.3 is 19.7 Å². The highest BCUT2D eigenvalue weighted by atomic mass is 32.2. The minimum absolute atomic E-state index is 0.0450. The average molecular weight is 510 g/mol. The lowest BCUT2D eigenvalue weighted by Gasteiger charge is -2.20. The van der Waals surface area contributed by atoms with Crippen LogP contribution < -0.4 is 24.0 Å². The van der Waals surface area contributed by atoms with Crippen LogP contribution in [0.1, 0.15) is 23.2 Å². The van der Waals surface area contributed by atoms with Crippen molar-refractivity contribution in [3.05, 3.63) is 72.3 Å². The molecule has 1 aliphatic heterocycles. The molecular weight excluding hydrogens is 482 g/mol. The highest BCUT2D eigenvalue weighted by Gasteiger charge is 2.24. The third-order valence-corrected chi connectivity index (χ3v) is 7.80. The van der Waals surface area contributed by atoms with Gasteiger partial charge in [-0.25, -0.2) is 8.42 Å². The fourth-order valence-corrected chi connectivity index (χ4v) is 5.16. The Labute approximate surface area is 210 Å². The highest BCUT2D eigenvalue weighted by Crippen LogP contribution is 2.32. The molecule has 1 heterocycles. The van der Waals surface area contributed by atoms with Crippen molar-refractivity contribution in [3.8, 4) is 11.5 Å². The summed E-state index contributed by atoms with van der Waals surface area (Å²) in [6, 6.07) is 17.7. The van der Waals surface area contributed by atoms with E-state index in [1.807, 2.05) is 0 Å². The Balaban J connectivity index is 1.45. The van der Waals surface area contributed by atoms with Crippen molar-refractivity contribution >= 4 is 38.9 Å². The Morgan fingerprint density at radius 1 is 0.944 bits per heavy atom. The van der Waals surface area contributed by atoms with Gasteiger partial charge in [0.25, 0.3) is 15.9 Å². The summed E-state index contributed by atoms with van der Waals surface area (Å²) in [6.45, 7) is 0.701. The van der Waals surface area contributed by atoms with E-state index >= 15 is 0 Å². The molecule has 1 aliphatic rings. The molecule has 3 aromatic carbocycles. The first-order valence-electron chi connectivity index (χ1n) is 11.3. The second-order valence-corrected chi connectivity index (χ2v) is 10.2. The standard InChI is InChI=1S/C26H27N3O6S/c1-28(36(32,33)22-14-15-23(34-2)24(17-22)35-3)20-10-6-18(7-11-20)26(31)27-19-8-12-21(13-9-19)29-16-4-5-25(29)30/h6-15,17H,4-5,16H2,1-3H3,(H,27,31). The van der Waals surface area contributed by atoms with E-state index < -0.39 is 10.0 Å². The van der Waals surface area contributed by atoms with Gasteiger partial charge in [0.05, 0.1) is 24.8 Å². The van der Waals surface area contributed by atoms with Gasteiger partial charge in [-0.05, 0) is 67.1 Å². The first-order valence-corrected chi connectivity index (χ1v) is 12.7. The SMILES string of the molecule is COc1ccc(S(=O)(=O)N(C)c2ccc(C(=O)Nc3ccc(N4CCCC4=O)cc3)cc2)cc1OC. The predicted molar refractivity (Wildman–Crippen MR) is 138 cm³/mol. The molecule has 0 aromatic heterocycles. The van der Waals surface area contributed by atoms with Gasteiger partial charge in [0.15, 0.2) is 11.5 Å². The number of carbonyl (C=O) groups excluding carboxylic acids is 2. The van der Waals surface area contributed by atoms with Crippen LogP contribution in [0.15, 0.2) is 71.6 Å². The van der Waals surface area contributed by atoms with Crippen LogP contribution in [0.2, 0.25) is 0 Å². The number of benzene rings is 3. The van der Waals surface area contributed by atoms with E-state index in [0.29, 0.717) is 41.4 Å². The van der Waals surface area contributed by atoms with Gasteiger partial charge in [0.1, 0.15) is 0 Å². The van der Waals surface area contributed by atoms with Crippen LogP contribution >= 0.6 is 0 Å². The molecule has 9 nitrogen and oxygen atoms in total. The molecule has 3 aromatic rings. The van der Waals surface area contributed by atoms with Crippen LogP contribution in [0.5, 0.6) is 11.5 Å². The van der Waals surface area contributed by atoms with Crippen molar-refractivity contribution in [2.75, 3.05) is 42.3 Å². The number of carbonyl (C=O) groups is 2. The van der Waals surface area contributed by atoms with Crippen LogP contribution in [0.4, 0.5) is 17.1 Å².